The van der Waals surface area contributed by atoms with Gasteiger partial charge in [0.15, 0.2) is 0 Å². The second-order valence-corrected chi connectivity index (χ2v) is 9.89. The Hall–Kier alpha value is -2.56. The van der Waals surface area contributed by atoms with Crippen LogP contribution in [0.4, 0.5) is 9.18 Å². The SMILES string of the molecule is COc1ccc2ncc(F)c(C(O)C(O)C34CCC(NC(=O)OC(C)(C)C)(CC3)CO4)c2n1. The molecule has 33 heavy (non-hydrogen) atoms. The summed E-state index contributed by atoms with van der Waals surface area (Å²) in [4.78, 5) is 20.5. The van der Waals surface area contributed by atoms with Crippen molar-refractivity contribution in [3.63, 3.8) is 0 Å². The molecule has 3 N–H and O–H groups in total. The molecule has 1 aliphatic carbocycles. The Balaban J connectivity index is 1.54. The first-order valence-corrected chi connectivity index (χ1v) is 11.0. The summed E-state index contributed by atoms with van der Waals surface area (Å²) in [6, 6.07) is 3.19. The van der Waals surface area contributed by atoms with Crippen LogP contribution in [0.3, 0.4) is 0 Å². The molecule has 2 aliphatic heterocycles. The Morgan fingerprint density at radius 1 is 1.24 bits per heavy atom. The number of alkyl carbamates (subject to hydrolysis) is 1. The van der Waals surface area contributed by atoms with Crippen LogP contribution in [0, 0.1) is 5.82 Å². The molecule has 3 aliphatic rings. The molecule has 1 amide bonds. The van der Waals surface area contributed by atoms with E-state index in [0.717, 1.165) is 6.20 Å². The van der Waals surface area contributed by atoms with E-state index < -0.39 is 40.9 Å². The molecule has 0 aromatic carbocycles. The van der Waals surface area contributed by atoms with E-state index in [-0.39, 0.29) is 23.6 Å². The number of carbonyl (C=O) groups excluding carboxylic acids is 1. The fourth-order valence-corrected chi connectivity index (χ4v) is 4.67. The van der Waals surface area contributed by atoms with Crippen molar-refractivity contribution in [3.8, 4) is 5.88 Å². The number of nitrogens with zero attached hydrogens (tertiary/aromatic N) is 2. The minimum Gasteiger partial charge on any atom is -0.481 e. The topological polar surface area (TPSA) is 123 Å². The number of rotatable bonds is 5. The molecule has 3 fully saturated rings. The third-order valence-corrected chi connectivity index (χ3v) is 6.48. The van der Waals surface area contributed by atoms with Gasteiger partial charge in [-0.3, -0.25) is 4.98 Å². The zero-order valence-electron chi connectivity index (χ0n) is 19.2. The highest BCUT2D eigenvalue weighted by Gasteiger charge is 2.56. The number of nitrogens with one attached hydrogen (secondary N) is 1. The molecule has 2 bridgehead atoms. The van der Waals surface area contributed by atoms with E-state index in [9.17, 15) is 19.4 Å². The van der Waals surface area contributed by atoms with Crippen molar-refractivity contribution in [2.45, 2.75) is 75.4 Å². The van der Waals surface area contributed by atoms with Gasteiger partial charge in [0, 0.05) is 11.6 Å². The number of halogens is 1. The van der Waals surface area contributed by atoms with E-state index in [1.54, 1.807) is 32.9 Å². The van der Waals surface area contributed by atoms with Crippen molar-refractivity contribution < 1.29 is 33.6 Å². The van der Waals surface area contributed by atoms with Gasteiger partial charge in [-0.1, -0.05) is 0 Å². The molecule has 2 aromatic rings. The summed E-state index contributed by atoms with van der Waals surface area (Å²) in [5.74, 6) is -0.542. The van der Waals surface area contributed by atoms with Crippen molar-refractivity contribution in [1.82, 2.24) is 15.3 Å². The lowest BCUT2D eigenvalue weighted by molar-refractivity contribution is -0.227. The molecule has 2 atom stereocenters. The highest BCUT2D eigenvalue weighted by atomic mass is 19.1. The van der Waals surface area contributed by atoms with Crippen molar-refractivity contribution in [3.05, 3.63) is 29.7 Å². The van der Waals surface area contributed by atoms with Crippen LogP contribution in [0.2, 0.25) is 0 Å². The Morgan fingerprint density at radius 2 is 1.94 bits per heavy atom. The van der Waals surface area contributed by atoms with Gasteiger partial charge in [-0.2, -0.15) is 0 Å². The van der Waals surface area contributed by atoms with E-state index in [1.165, 1.54) is 7.11 Å². The summed E-state index contributed by atoms with van der Waals surface area (Å²) < 4.78 is 31.3. The number of aromatic nitrogens is 2. The largest absolute Gasteiger partial charge is 0.481 e. The fourth-order valence-electron chi connectivity index (χ4n) is 4.67. The lowest BCUT2D eigenvalue weighted by atomic mass is 9.67. The molecule has 2 aromatic heterocycles. The van der Waals surface area contributed by atoms with Gasteiger partial charge in [-0.15, -0.1) is 0 Å². The van der Waals surface area contributed by atoms with Gasteiger partial charge in [0.25, 0.3) is 0 Å². The number of amides is 1. The van der Waals surface area contributed by atoms with Crippen LogP contribution in [0.25, 0.3) is 11.0 Å². The number of ether oxygens (including phenoxy) is 3. The number of methoxy groups -OCH3 is 1. The summed E-state index contributed by atoms with van der Waals surface area (Å²) >= 11 is 0. The van der Waals surface area contributed by atoms with E-state index in [1.807, 2.05) is 0 Å². The summed E-state index contributed by atoms with van der Waals surface area (Å²) in [7, 11) is 1.43. The van der Waals surface area contributed by atoms with Crippen LogP contribution >= 0.6 is 0 Å². The Bertz CT molecular complexity index is 1030. The fraction of sp³-hybridized carbons (Fsp3) is 0.609. The lowest BCUT2D eigenvalue weighted by Crippen LogP contribution is -2.66. The molecule has 2 saturated heterocycles. The van der Waals surface area contributed by atoms with Crippen LogP contribution in [0.1, 0.15) is 58.1 Å². The number of fused-ring (bicyclic) bond motifs is 4. The molecule has 1 saturated carbocycles. The highest BCUT2D eigenvalue weighted by Crippen LogP contribution is 2.48. The number of aliphatic hydroxyl groups is 2. The Labute approximate surface area is 191 Å². The molecule has 0 spiro atoms. The summed E-state index contributed by atoms with van der Waals surface area (Å²) in [5, 5.41) is 25.2. The molecule has 10 heteroatoms. The van der Waals surface area contributed by atoms with E-state index in [2.05, 4.69) is 15.3 Å². The van der Waals surface area contributed by atoms with Gasteiger partial charge < -0.3 is 29.7 Å². The minimum atomic E-state index is -1.60. The van der Waals surface area contributed by atoms with E-state index in [0.29, 0.717) is 31.2 Å². The first-order valence-electron chi connectivity index (χ1n) is 11.0. The van der Waals surface area contributed by atoms with Crippen molar-refractivity contribution >= 4 is 17.1 Å². The Morgan fingerprint density at radius 3 is 2.52 bits per heavy atom. The summed E-state index contributed by atoms with van der Waals surface area (Å²) in [5.41, 5.74) is -1.97. The standard InChI is InChI=1S/C23H30FN3O6/c1-21(2,3)33-20(30)27-22-7-9-23(10-8-22,32-12-22)19(29)18(28)16-13(24)11-25-14-5-6-15(31-4)26-17(14)16/h5-6,11,18-19,28-29H,7-10,12H2,1-4H3,(H,27,30). The molecule has 5 rings (SSSR count). The monoisotopic (exact) mass is 463 g/mol. The quantitative estimate of drug-likeness (QED) is 0.619. The molecule has 4 heterocycles. The first kappa shape index (κ1) is 23.6. The van der Waals surface area contributed by atoms with Crippen molar-refractivity contribution in [2.75, 3.05) is 13.7 Å². The molecular weight excluding hydrogens is 433 g/mol. The van der Waals surface area contributed by atoms with E-state index >= 15 is 0 Å². The zero-order valence-corrected chi connectivity index (χ0v) is 19.2. The third-order valence-electron chi connectivity index (χ3n) is 6.48. The zero-order chi connectivity index (χ0) is 24.0. The number of hydrogen-bond donors (Lipinski definition) is 3. The second-order valence-electron chi connectivity index (χ2n) is 9.89. The molecule has 2 unspecified atom stereocenters. The average molecular weight is 464 g/mol. The van der Waals surface area contributed by atoms with Gasteiger partial charge in [-0.05, 0) is 52.5 Å². The molecule has 9 nitrogen and oxygen atoms in total. The van der Waals surface area contributed by atoms with Crippen LogP contribution in [-0.4, -0.2) is 62.8 Å². The van der Waals surface area contributed by atoms with Gasteiger partial charge in [0.05, 0.1) is 36.6 Å². The summed E-state index contributed by atoms with van der Waals surface area (Å²) in [6.07, 6.45) is -0.720. The minimum absolute atomic E-state index is 0.116. The van der Waals surface area contributed by atoms with Gasteiger partial charge in [0.1, 0.15) is 29.1 Å². The second kappa shape index (κ2) is 8.34. The van der Waals surface area contributed by atoms with Gasteiger partial charge in [0.2, 0.25) is 5.88 Å². The maximum atomic E-state index is 14.8. The number of aliphatic hydroxyl groups excluding tert-OH is 2. The van der Waals surface area contributed by atoms with Crippen molar-refractivity contribution in [1.29, 1.82) is 0 Å². The maximum absolute atomic E-state index is 14.8. The van der Waals surface area contributed by atoms with Crippen molar-refractivity contribution in [2.24, 2.45) is 0 Å². The predicted octanol–water partition coefficient (Wildman–Crippen LogP) is 2.78. The number of hydrogen-bond acceptors (Lipinski definition) is 8. The van der Waals surface area contributed by atoms with Gasteiger partial charge >= 0.3 is 6.09 Å². The average Bonchev–Trinajstić information content (AvgIpc) is 2.77. The lowest BCUT2D eigenvalue weighted by Gasteiger charge is -2.55. The maximum Gasteiger partial charge on any atom is 0.408 e. The number of carbonyl (C=O) groups is 1. The predicted molar refractivity (Wildman–Crippen MR) is 116 cm³/mol. The van der Waals surface area contributed by atoms with E-state index in [4.69, 9.17) is 14.2 Å². The first-order chi connectivity index (χ1) is 15.5. The molecule has 180 valence electrons. The number of pyridine rings is 2. The third kappa shape index (κ3) is 4.47. The molecular formula is C23H30FN3O6. The van der Waals surface area contributed by atoms with Crippen LogP contribution in [0.15, 0.2) is 18.3 Å². The normalized spacial score (nSPS) is 26.6. The van der Waals surface area contributed by atoms with Crippen LogP contribution in [-0.2, 0) is 9.47 Å². The highest BCUT2D eigenvalue weighted by molar-refractivity contribution is 5.79. The van der Waals surface area contributed by atoms with Crippen LogP contribution < -0.4 is 10.1 Å². The Kier molecular flexibility index (Phi) is 5.96. The van der Waals surface area contributed by atoms with Gasteiger partial charge in [-0.25, -0.2) is 14.2 Å². The molecule has 0 radical (unpaired) electrons. The summed E-state index contributed by atoms with van der Waals surface area (Å²) in [6.45, 7) is 5.52. The smallest absolute Gasteiger partial charge is 0.408 e. The van der Waals surface area contributed by atoms with Crippen LogP contribution in [0.5, 0.6) is 5.88 Å².